The quantitative estimate of drug-likeness (QED) is 0.590. The largest absolute Gasteiger partial charge is 0.506 e. The highest BCUT2D eigenvalue weighted by Crippen LogP contribution is 2.32. The third kappa shape index (κ3) is 1.95. The number of halogens is 2. The van der Waals surface area contributed by atoms with Crippen LogP contribution in [0.3, 0.4) is 0 Å². The Morgan fingerprint density at radius 3 is 2.50 bits per heavy atom. The average molecular weight is 238 g/mol. The van der Waals surface area contributed by atoms with E-state index in [1.165, 1.54) is 18.2 Å². The van der Waals surface area contributed by atoms with E-state index < -0.39 is 5.82 Å². The average Bonchev–Trinajstić information content (AvgIpc) is 2.22. The second kappa shape index (κ2) is 4.02. The van der Waals surface area contributed by atoms with Crippen LogP contribution in [0, 0.1) is 5.82 Å². The first kappa shape index (κ1) is 10.8. The number of aromatic hydroxyl groups is 1. The zero-order chi connectivity index (χ0) is 11.7. The van der Waals surface area contributed by atoms with Crippen LogP contribution in [0.25, 0.3) is 11.1 Å². The lowest BCUT2D eigenvalue weighted by molar-refractivity contribution is 0.478. The van der Waals surface area contributed by atoms with E-state index in [1.807, 2.05) is 0 Å². The second-order valence-corrected chi connectivity index (χ2v) is 3.80. The minimum atomic E-state index is -0.395. The molecule has 2 rings (SSSR count). The highest BCUT2D eigenvalue weighted by atomic mass is 35.5. The van der Waals surface area contributed by atoms with E-state index in [0.29, 0.717) is 21.8 Å². The lowest BCUT2D eigenvalue weighted by atomic mass is 10.0. The number of anilines is 1. The molecular weight excluding hydrogens is 229 g/mol. The Labute approximate surface area is 97.1 Å². The van der Waals surface area contributed by atoms with Gasteiger partial charge in [0.2, 0.25) is 0 Å². The van der Waals surface area contributed by atoms with Crippen LogP contribution in [0.4, 0.5) is 10.1 Å². The van der Waals surface area contributed by atoms with Gasteiger partial charge in [-0.25, -0.2) is 4.39 Å². The summed E-state index contributed by atoms with van der Waals surface area (Å²) in [5.41, 5.74) is 7.12. The van der Waals surface area contributed by atoms with Crippen molar-refractivity contribution in [1.29, 1.82) is 0 Å². The first-order valence-electron chi connectivity index (χ1n) is 4.62. The van der Waals surface area contributed by atoms with Crippen molar-refractivity contribution in [3.8, 4) is 16.9 Å². The summed E-state index contributed by atoms with van der Waals surface area (Å²) < 4.78 is 12.9. The normalized spacial score (nSPS) is 10.4. The highest BCUT2D eigenvalue weighted by Gasteiger charge is 2.06. The van der Waals surface area contributed by atoms with Gasteiger partial charge in [0, 0.05) is 5.56 Å². The number of hydrogen-bond acceptors (Lipinski definition) is 2. The monoisotopic (exact) mass is 237 g/mol. The van der Waals surface area contributed by atoms with E-state index in [1.54, 1.807) is 18.2 Å². The van der Waals surface area contributed by atoms with Crippen LogP contribution in [-0.2, 0) is 0 Å². The number of hydrogen-bond donors (Lipinski definition) is 2. The van der Waals surface area contributed by atoms with Crippen LogP contribution in [0.1, 0.15) is 0 Å². The summed E-state index contributed by atoms with van der Waals surface area (Å²) in [5, 5.41) is 9.76. The number of rotatable bonds is 1. The van der Waals surface area contributed by atoms with Gasteiger partial charge in [-0.2, -0.15) is 0 Å². The summed E-state index contributed by atoms with van der Waals surface area (Å²) in [6, 6.07) is 8.88. The predicted molar refractivity (Wildman–Crippen MR) is 62.9 cm³/mol. The Bertz CT molecular complexity index is 543. The van der Waals surface area contributed by atoms with Crippen molar-refractivity contribution in [3.05, 3.63) is 47.2 Å². The van der Waals surface area contributed by atoms with Crippen LogP contribution >= 0.6 is 11.6 Å². The van der Waals surface area contributed by atoms with Gasteiger partial charge in [0.1, 0.15) is 11.6 Å². The zero-order valence-electron chi connectivity index (χ0n) is 8.24. The molecule has 2 aromatic carbocycles. The fourth-order valence-electron chi connectivity index (χ4n) is 1.43. The summed E-state index contributed by atoms with van der Waals surface area (Å²) in [6.45, 7) is 0. The molecular formula is C12H9ClFNO. The van der Waals surface area contributed by atoms with Crippen molar-refractivity contribution in [2.75, 3.05) is 5.73 Å². The fourth-order valence-corrected chi connectivity index (χ4v) is 1.71. The topological polar surface area (TPSA) is 46.2 Å². The van der Waals surface area contributed by atoms with Gasteiger partial charge in [0.15, 0.2) is 0 Å². The maximum atomic E-state index is 12.9. The maximum absolute atomic E-state index is 12.9. The van der Waals surface area contributed by atoms with Crippen molar-refractivity contribution in [1.82, 2.24) is 0 Å². The van der Waals surface area contributed by atoms with E-state index in [4.69, 9.17) is 17.3 Å². The van der Waals surface area contributed by atoms with Crippen molar-refractivity contribution < 1.29 is 9.50 Å². The Balaban J connectivity index is 2.54. The van der Waals surface area contributed by atoms with Crippen molar-refractivity contribution >= 4 is 17.3 Å². The molecule has 0 aliphatic heterocycles. The van der Waals surface area contributed by atoms with Crippen molar-refractivity contribution in [3.63, 3.8) is 0 Å². The molecule has 0 aliphatic carbocycles. The van der Waals surface area contributed by atoms with Gasteiger partial charge in [0.05, 0.1) is 10.7 Å². The van der Waals surface area contributed by atoms with Crippen LogP contribution in [0.2, 0.25) is 5.02 Å². The van der Waals surface area contributed by atoms with E-state index >= 15 is 0 Å². The summed E-state index contributed by atoms with van der Waals surface area (Å²) in [7, 11) is 0. The first-order valence-corrected chi connectivity index (χ1v) is 4.99. The van der Waals surface area contributed by atoms with Gasteiger partial charge in [-0.15, -0.1) is 0 Å². The third-order valence-corrected chi connectivity index (χ3v) is 2.59. The SMILES string of the molecule is Nc1ccc(-c2ccc(F)cc2Cl)cc1O. The van der Waals surface area contributed by atoms with E-state index in [9.17, 15) is 9.50 Å². The van der Waals surface area contributed by atoms with E-state index in [-0.39, 0.29) is 5.75 Å². The van der Waals surface area contributed by atoms with Crippen LogP contribution in [0.5, 0.6) is 5.75 Å². The smallest absolute Gasteiger partial charge is 0.139 e. The van der Waals surface area contributed by atoms with E-state index in [2.05, 4.69) is 0 Å². The lowest BCUT2D eigenvalue weighted by Gasteiger charge is -2.06. The molecule has 0 bridgehead atoms. The number of phenols is 1. The standard InChI is InChI=1S/C12H9ClFNO/c13-10-6-8(14)2-3-9(10)7-1-4-11(15)12(16)5-7/h1-6,16H,15H2. The highest BCUT2D eigenvalue weighted by molar-refractivity contribution is 6.33. The third-order valence-electron chi connectivity index (χ3n) is 2.27. The van der Waals surface area contributed by atoms with Gasteiger partial charge in [-0.3, -0.25) is 0 Å². The minimum Gasteiger partial charge on any atom is -0.506 e. The Morgan fingerprint density at radius 2 is 1.88 bits per heavy atom. The molecule has 2 aromatic rings. The molecule has 0 saturated heterocycles. The maximum Gasteiger partial charge on any atom is 0.139 e. The fraction of sp³-hybridized carbons (Fsp3) is 0. The van der Waals surface area contributed by atoms with Gasteiger partial charge in [-0.1, -0.05) is 17.7 Å². The molecule has 2 nitrogen and oxygen atoms in total. The molecule has 0 amide bonds. The number of phenolic OH excluding ortho intramolecular Hbond substituents is 1. The summed E-state index contributed by atoms with van der Waals surface area (Å²) in [4.78, 5) is 0. The van der Waals surface area contributed by atoms with E-state index in [0.717, 1.165) is 0 Å². The molecule has 0 atom stereocenters. The van der Waals surface area contributed by atoms with Gasteiger partial charge in [-0.05, 0) is 35.9 Å². The Morgan fingerprint density at radius 1 is 1.12 bits per heavy atom. The molecule has 0 radical (unpaired) electrons. The van der Waals surface area contributed by atoms with Gasteiger partial charge in [0.25, 0.3) is 0 Å². The zero-order valence-corrected chi connectivity index (χ0v) is 9.00. The molecule has 4 heteroatoms. The molecule has 0 saturated carbocycles. The number of nitrogen functional groups attached to an aromatic ring is 1. The summed E-state index contributed by atoms with van der Waals surface area (Å²) in [6.07, 6.45) is 0. The lowest BCUT2D eigenvalue weighted by Crippen LogP contribution is -1.87. The summed E-state index contributed by atoms with van der Waals surface area (Å²) in [5.74, 6) is -0.411. The second-order valence-electron chi connectivity index (χ2n) is 3.40. The molecule has 0 aromatic heterocycles. The molecule has 0 spiro atoms. The van der Waals surface area contributed by atoms with Crippen LogP contribution in [-0.4, -0.2) is 5.11 Å². The Kier molecular flexibility index (Phi) is 2.71. The number of nitrogens with two attached hydrogens (primary N) is 1. The van der Waals surface area contributed by atoms with Crippen molar-refractivity contribution in [2.45, 2.75) is 0 Å². The Hall–Kier alpha value is -1.74. The van der Waals surface area contributed by atoms with Crippen LogP contribution < -0.4 is 5.73 Å². The molecule has 0 heterocycles. The van der Waals surface area contributed by atoms with Crippen molar-refractivity contribution in [2.24, 2.45) is 0 Å². The van der Waals surface area contributed by atoms with Gasteiger partial charge < -0.3 is 10.8 Å². The molecule has 3 N–H and O–H groups in total. The molecule has 0 unspecified atom stereocenters. The summed E-state index contributed by atoms with van der Waals surface area (Å²) >= 11 is 5.90. The molecule has 0 aliphatic rings. The molecule has 16 heavy (non-hydrogen) atoms. The van der Waals surface area contributed by atoms with Gasteiger partial charge >= 0.3 is 0 Å². The predicted octanol–water partition coefficient (Wildman–Crippen LogP) is 3.43. The minimum absolute atomic E-state index is 0.0158. The molecule has 82 valence electrons. The van der Waals surface area contributed by atoms with Crippen LogP contribution in [0.15, 0.2) is 36.4 Å². The first-order chi connectivity index (χ1) is 7.58. The molecule has 0 fully saturated rings. The number of benzene rings is 2.